The van der Waals surface area contributed by atoms with Gasteiger partial charge >= 0.3 is 5.97 Å². The van der Waals surface area contributed by atoms with Crippen molar-refractivity contribution in [1.29, 1.82) is 0 Å². The third-order valence-electron chi connectivity index (χ3n) is 3.05. The number of Topliss-reactive ketones (excluding diaryl/α,β-unsaturated/α-hetero) is 1. The fourth-order valence-corrected chi connectivity index (χ4v) is 3.07. The first-order valence-electron chi connectivity index (χ1n) is 6.22. The van der Waals surface area contributed by atoms with Gasteiger partial charge < -0.3 is 5.11 Å². The van der Waals surface area contributed by atoms with E-state index in [0.717, 1.165) is 5.56 Å². The molecule has 108 valence electrons. The van der Waals surface area contributed by atoms with Crippen molar-refractivity contribution in [3.05, 3.63) is 71.3 Å². The summed E-state index contributed by atoms with van der Waals surface area (Å²) in [5.41, 5.74) is 1.16. The smallest absolute Gasteiger partial charge is 0.336 e. The zero-order valence-electron chi connectivity index (χ0n) is 10.9. The minimum atomic E-state index is -1.11. The maximum atomic E-state index is 12.5. The van der Waals surface area contributed by atoms with Crippen LogP contribution in [-0.2, 0) is 0 Å². The molecule has 2 atom stereocenters. The Balaban J connectivity index is 2.30. The number of alkyl halides is 2. The van der Waals surface area contributed by atoms with Crippen molar-refractivity contribution in [3.8, 4) is 0 Å². The molecular formula is C16H12Br2O3. The van der Waals surface area contributed by atoms with Crippen LogP contribution in [0.1, 0.15) is 31.1 Å². The molecule has 2 aromatic carbocycles. The molecule has 2 unspecified atom stereocenters. The summed E-state index contributed by atoms with van der Waals surface area (Å²) in [5.74, 6) is -1.37. The lowest BCUT2D eigenvalue weighted by Crippen LogP contribution is -2.21. The van der Waals surface area contributed by atoms with Crippen LogP contribution < -0.4 is 0 Å². The van der Waals surface area contributed by atoms with Crippen molar-refractivity contribution in [2.45, 2.75) is 9.65 Å². The largest absolute Gasteiger partial charge is 0.478 e. The Morgan fingerprint density at radius 3 is 1.95 bits per heavy atom. The first-order chi connectivity index (χ1) is 10.0. The minimum absolute atomic E-state index is 0.0136. The zero-order valence-corrected chi connectivity index (χ0v) is 14.0. The van der Waals surface area contributed by atoms with Crippen molar-refractivity contribution >= 4 is 43.6 Å². The number of carbonyl (C=O) groups is 2. The van der Waals surface area contributed by atoms with Gasteiger partial charge in [0.05, 0.1) is 15.2 Å². The van der Waals surface area contributed by atoms with E-state index >= 15 is 0 Å². The summed E-state index contributed by atoms with van der Waals surface area (Å²) >= 11 is 6.87. The van der Waals surface area contributed by atoms with E-state index in [-0.39, 0.29) is 21.7 Å². The van der Waals surface area contributed by atoms with Crippen LogP contribution in [0.25, 0.3) is 0 Å². The molecule has 2 rings (SSSR count). The van der Waals surface area contributed by atoms with Crippen LogP contribution in [-0.4, -0.2) is 21.7 Å². The number of hydrogen-bond donors (Lipinski definition) is 1. The van der Waals surface area contributed by atoms with Gasteiger partial charge in [-0.05, 0) is 11.6 Å². The van der Waals surface area contributed by atoms with Gasteiger partial charge in [0.25, 0.3) is 0 Å². The van der Waals surface area contributed by atoms with E-state index in [1.165, 1.54) is 12.1 Å². The summed E-state index contributed by atoms with van der Waals surface area (Å²) in [5, 5.41) is 9.17. The predicted molar refractivity (Wildman–Crippen MR) is 88.6 cm³/mol. The summed E-state index contributed by atoms with van der Waals surface area (Å²) in [6, 6.07) is 15.7. The van der Waals surface area contributed by atoms with Crippen LogP contribution >= 0.6 is 31.9 Å². The Bertz CT molecular complexity index is 656. The number of rotatable bonds is 5. The number of hydrogen-bond acceptors (Lipinski definition) is 2. The standard InChI is InChI=1S/C16H12Br2O3/c17-13(10-6-2-1-3-7-10)14(18)15(19)11-8-4-5-9-12(11)16(20)21/h1-9,13-14H,(H,20,21). The lowest BCUT2D eigenvalue weighted by molar-refractivity contribution is 0.0692. The summed E-state index contributed by atoms with van der Waals surface area (Å²) < 4.78 is 0. The zero-order chi connectivity index (χ0) is 15.4. The summed E-state index contributed by atoms with van der Waals surface area (Å²) in [4.78, 5) is 23.0. The molecule has 0 fully saturated rings. The first kappa shape index (κ1) is 15.9. The second-order valence-corrected chi connectivity index (χ2v) is 6.40. The number of halogens is 2. The summed E-state index contributed by atoms with van der Waals surface area (Å²) in [6.07, 6.45) is 0. The molecular weight excluding hydrogens is 400 g/mol. The molecule has 2 aromatic rings. The minimum Gasteiger partial charge on any atom is -0.478 e. The lowest BCUT2D eigenvalue weighted by Gasteiger charge is -2.17. The van der Waals surface area contributed by atoms with Crippen LogP contribution in [0.4, 0.5) is 0 Å². The highest BCUT2D eigenvalue weighted by atomic mass is 79.9. The van der Waals surface area contributed by atoms with Gasteiger partial charge in [0.2, 0.25) is 0 Å². The maximum Gasteiger partial charge on any atom is 0.336 e. The van der Waals surface area contributed by atoms with Crippen molar-refractivity contribution in [2.75, 3.05) is 0 Å². The van der Waals surface area contributed by atoms with Gasteiger partial charge in [-0.3, -0.25) is 4.79 Å². The van der Waals surface area contributed by atoms with Gasteiger partial charge in [-0.2, -0.15) is 0 Å². The molecule has 1 N–H and O–H groups in total. The first-order valence-corrected chi connectivity index (χ1v) is 8.05. The molecule has 5 heteroatoms. The molecule has 0 aliphatic rings. The van der Waals surface area contributed by atoms with Gasteiger partial charge in [0.15, 0.2) is 5.78 Å². The Morgan fingerprint density at radius 1 is 0.857 bits per heavy atom. The number of carboxylic acids is 1. The van der Waals surface area contributed by atoms with Crippen LogP contribution in [0.2, 0.25) is 0 Å². The Hall–Kier alpha value is -1.46. The quantitative estimate of drug-likeness (QED) is 0.583. The molecule has 0 aliphatic carbocycles. The molecule has 0 saturated heterocycles. The van der Waals surface area contributed by atoms with Crippen LogP contribution in [0.5, 0.6) is 0 Å². The Kier molecular flexibility index (Phi) is 5.31. The maximum absolute atomic E-state index is 12.5. The van der Waals surface area contributed by atoms with Gasteiger partial charge in [0.1, 0.15) is 0 Å². The van der Waals surface area contributed by atoms with E-state index in [1.807, 2.05) is 30.3 Å². The molecule has 0 aromatic heterocycles. The van der Waals surface area contributed by atoms with Gasteiger partial charge in [-0.15, -0.1) is 0 Å². The average Bonchev–Trinajstić information content (AvgIpc) is 2.53. The van der Waals surface area contributed by atoms with Crippen molar-refractivity contribution in [3.63, 3.8) is 0 Å². The molecule has 0 heterocycles. The number of ketones is 1. The molecule has 3 nitrogen and oxygen atoms in total. The molecule has 0 aliphatic heterocycles. The number of benzene rings is 2. The predicted octanol–water partition coefficient (Wildman–Crippen LogP) is 4.47. The average molecular weight is 412 g/mol. The van der Waals surface area contributed by atoms with Crippen molar-refractivity contribution in [2.24, 2.45) is 0 Å². The highest BCUT2D eigenvalue weighted by Crippen LogP contribution is 2.33. The molecule has 21 heavy (non-hydrogen) atoms. The fourth-order valence-electron chi connectivity index (χ4n) is 1.97. The Labute approximate surface area is 139 Å². The highest BCUT2D eigenvalue weighted by Gasteiger charge is 2.28. The molecule has 0 spiro atoms. The Morgan fingerprint density at radius 2 is 1.38 bits per heavy atom. The number of aromatic carboxylic acids is 1. The topological polar surface area (TPSA) is 54.4 Å². The van der Waals surface area contributed by atoms with Gasteiger partial charge in [-0.25, -0.2) is 4.79 Å². The molecule has 0 saturated carbocycles. The normalized spacial score (nSPS) is 13.4. The molecule has 0 bridgehead atoms. The van der Waals surface area contributed by atoms with Crippen molar-refractivity contribution in [1.82, 2.24) is 0 Å². The highest BCUT2D eigenvalue weighted by molar-refractivity contribution is 9.12. The SMILES string of the molecule is O=C(O)c1ccccc1C(=O)C(Br)C(Br)c1ccccc1. The van der Waals surface area contributed by atoms with E-state index in [4.69, 9.17) is 0 Å². The van der Waals surface area contributed by atoms with Crippen LogP contribution in [0, 0.1) is 0 Å². The number of carboxylic acid groups (broad SMARTS) is 1. The third kappa shape index (κ3) is 3.60. The van der Waals surface area contributed by atoms with E-state index < -0.39 is 10.8 Å². The van der Waals surface area contributed by atoms with Crippen LogP contribution in [0.3, 0.4) is 0 Å². The second kappa shape index (κ2) is 7.00. The summed E-state index contributed by atoms with van der Waals surface area (Å²) in [7, 11) is 0. The van der Waals surface area contributed by atoms with E-state index in [2.05, 4.69) is 31.9 Å². The van der Waals surface area contributed by atoms with E-state index in [0.29, 0.717) is 0 Å². The van der Waals surface area contributed by atoms with Crippen LogP contribution in [0.15, 0.2) is 54.6 Å². The monoisotopic (exact) mass is 410 g/mol. The van der Waals surface area contributed by atoms with Gasteiger partial charge in [0, 0.05) is 5.56 Å². The molecule has 0 radical (unpaired) electrons. The van der Waals surface area contributed by atoms with Crippen molar-refractivity contribution < 1.29 is 14.7 Å². The fraction of sp³-hybridized carbons (Fsp3) is 0.125. The third-order valence-corrected chi connectivity index (χ3v) is 5.76. The van der Waals surface area contributed by atoms with E-state index in [9.17, 15) is 14.7 Å². The second-order valence-electron chi connectivity index (χ2n) is 4.43. The molecule has 0 amide bonds. The van der Waals surface area contributed by atoms with Gasteiger partial charge in [-0.1, -0.05) is 80.4 Å². The van der Waals surface area contributed by atoms with E-state index in [1.54, 1.807) is 12.1 Å². The number of carbonyl (C=O) groups excluding carboxylic acids is 1. The summed E-state index contributed by atoms with van der Waals surface area (Å²) in [6.45, 7) is 0. The lowest BCUT2D eigenvalue weighted by atomic mass is 9.98.